The van der Waals surface area contributed by atoms with E-state index < -0.39 is 6.10 Å². The number of hydrogen-bond donors (Lipinski definition) is 1. The summed E-state index contributed by atoms with van der Waals surface area (Å²) in [4.78, 5) is 6.01. The monoisotopic (exact) mass is 297 g/mol. The summed E-state index contributed by atoms with van der Waals surface area (Å²) in [6.45, 7) is 1.15. The smallest absolute Gasteiger partial charge is 0.128 e. The first-order valence-electron chi connectivity index (χ1n) is 7.06. The van der Waals surface area contributed by atoms with Crippen molar-refractivity contribution in [3.8, 4) is 6.07 Å². The Morgan fingerprint density at radius 1 is 1.27 bits per heavy atom. The number of benzene rings is 1. The van der Waals surface area contributed by atoms with Crippen molar-refractivity contribution >= 4 is 5.82 Å². The van der Waals surface area contributed by atoms with Crippen LogP contribution in [0.15, 0.2) is 48.7 Å². The van der Waals surface area contributed by atoms with Gasteiger partial charge < -0.3 is 14.7 Å². The molecule has 0 spiro atoms. The third-order valence-electron chi connectivity index (χ3n) is 3.17. The number of nitriles is 1. The van der Waals surface area contributed by atoms with E-state index in [1.165, 1.54) is 6.20 Å². The number of aromatic nitrogens is 1. The summed E-state index contributed by atoms with van der Waals surface area (Å²) in [7, 11) is 1.84. The van der Waals surface area contributed by atoms with Gasteiger partial charge in [-0.25, -0.2) is 4.98 Å². The van der Waals surface area contributed by atoms with Crippen molar-refractivity contribution in [1.29, 1.82) is 5.26 Å². The maximum atomic E-state index is 10.0. The molecule has 0 saturated heterocycles. The van der Waals surface area contributed by atoms with Crippen LogP contribution in [0.5, 0.6) is 0 Å². The van der Waals surface area contributed by atoms with Gasteiger partial charge in [-0.1, -0.05) is 30.3 Å². The molecule has 5 heteroatoms. The molecule has 1 atom stereocenters. The van der Waals surface area contributed by atoms with Crippen molar-refractivity contribution in [1.82, 2.24) is 4.98 Å². The fraction of sp³-hybridized carbons (Fsp3) is 0.294. The molecule has 1 N–H and O–H groups in total. The third-order valence-corrected chi connectivity index (χ3v) is 3.17. The Morgan fingerprint density at radius 3 is 2.68 bits per heavy atom. The van der Waals surface area contributed by atoms with Gasteiger partial charge in [-0.2, -0.15) is 5.26 Å². The van der Waals surface area contributed by atoms with E-state index >= 15 is 0 Å². The highest BCUT2D eigenvalue weighted by atomic mass is 16.5. The number of ether oxygens (including phenoxy) is 1. The average Bonchev–Trinajstić information content (AvgIpc) is 2.56. The number of hydrogen-bond acceptors (Lipinski definition) is 5. The van der Waals surface area contributed by atoms with Crippen LogP contribution in [0.1, 0.15) is 11.1 Å². The molecule has 0 aliphatic carbocycles. The van der Waals surface area contributed by atoms with Gasteiger partial charge in [-0.05, 0) is 17.7 Å². The number of nitrogens with zero attached hydrogens (tertiary/aromatic N) is 3. The SMILES string of the molecule is CN(CC(O)COCc1ccccc1)c1ccc(C#N)cn1. The van der Waals surface area contributed by atoms with Gasteiger partial charge in [0, 0.05) is 19.8 Å². The summed E-state index contributed by atoms with van der Waals surface area (Å²) in [5, 5.41) is 18.8. The van der Waals surface area contributed by atoms with Gasteiger partial charge in [0.05, 0.1) is 24.9 Å². The van der Waals surface area contributed by atoms with Crippen molar-refractivity contribution in [2.24, 2.45) is 0 Å². The second kappa shape index (κ2) is 8.13. The molecule has 0 fully saturated rings. The third kappa shape index (κ3) is 4.85. The first-order chi connectivity index (χ1) is 10.7. The Hall–Kier alpha value is -2.42. The minimum Gasteiger partial charge on any atom is -0.389 e. The van der Waals surface area contributed by atoms with Crippen LogP contribution in [-0.2, 0) is 11.3 Å². The van der Waals surface area contributed by atoms with Gasteiger partial charge in [-0.15, -0.1) is 0 Å². The fourth-order valence-corrected chi connectivity index (χ4v) is 2.03. The molecule has 22 heavy (non-hydrogen) atoms. The lowest BCUT2D eigenvalue weighted by Crippen LogP contribution is -2.32. The fourth-order valence-electron chi connectivity index (χ4n) is 2.03. The maximum Gasteiger partial charge on any atom is 0.128 e. The number of pyridine rings is 1. The minimum absolute atomic E-state index is 0.259. The lowest BCUT2D eigenvalue weighted by atomic mass is 10.2. The lowest BCUT2D eigenvalue weighted by molar-refractivity contribution is 0.0324. The van der Waals surface area contributed by atoms with E-state index in [4.69, 9.17) is 10.00 Å². The topological polar surface area (TPSA) is 69.4 Å². The Kier molecular flexibility index (Phi) is 5.90. The molecule has 0 bridgehead atoms. The standard InChI is InChI=1S/C17H19N3O2/c1-20(17-8-7-15(9-18)10-19-17)11-16(21)13-22-12-14-5-3-2-4-6-14/h2-8,10,16,21H,11-13H2,1H3. The predicted octanol–water partition coefficient (Wildman–Crippen LogP) is 1.97. The van der Waals surface area contributed by atoms with Gasteiger partial charge in [0.15, 0.2) is 0 Å². The van der Waals surface area contributed by atoms with Gasteiger partial charge in [0.25, 0.3) is 0 Å². The molecule has 1 aromatic heterocycles. The Balaban J connectivity index is 1.76. The molecule has 0 aliphatic rings. The number of rotatable bonds is 7. The molecule has 0 amide bonds. The van der Waals surface area contributed by atoms with E-state index in [0.717, 1.165) is 5.56 Å². The highest BCUT2D eigenvalue weighted by Gasteiger charge is 2.10. The van der Waals surface area contributed by atoms with Gasteiger partial charge in [0.1, 0.15) is 11.9 Å². The number of aliphatic hydroxyl groups excluding tert-OH is 1. The highest BCUT2D eigenvalue weighted by molar-refractivity contribution is 5.41. The molecule has 0 saturated carbocycles. The Labute approximate surface area is 130 Å². The quantitative estimate of drug-likeness (QED) is 0.846. The average molecular weight is 297 g/mol. The van der Waals surface area contributed by atoms with Crippen molar-refractivity contribution < 1.29 is 9.84 Å². The van der Waals surface area contributed by atoms with Crippen LogP contribution >= 0.6 is 0 Å². The summed E-state index contributed by atoms with van der Waals surface area (Å²) in [5.41, 5.74) is 1.60. The molecular formula is C17H19N3O2. The van der Waals surface area contributed by atoms with E-state index in [0.29, 0.717) is 24.5 Å². The predicted molar refractivity (Wildman–Crippen MR) is 84.3 cm³/mol. The summed E-state index contributed by atoms with van der Waals surface area (Å²) >= 11 is 0. The second-order valence-electron chi connectivity index (χ2n) is 5.05. The molecule has 1 aromatic carbocycles. The molecule has 5 nitrogen and oxygen atoms in total. The zero-order chi connectivity index (χ0) is 15.8. The molecule has 2 rings (SSSR count). The summed E-state index contributed by atoms with van der Waals surface area (Å²) in [6.07, 6.45) is 0.913. The molecule has 114 valence electrons. The zero-order valence-electron chi connectivity index (χ0n) is 12.5. The van der Waals surface area contributed by atoms with E-state index in [9.17, 15) is 5.11 Å². The van der Waals surface area contributed by atoms with Crippen LogP contribution < -0.4 is 4.90 Å². The van der Waals surface area contributed by atoms with Crippen molar-refractivity contribution in [2.75, 3.05) is 25.1 Å². The largest absolute Gasteiger partial charge is 0.389 e. The van der Waals surface area contributed by atoms with Crippen LogP contribution in [0.4, 0.5) is 5.82 Å². The number of aliphatic hydroxyl groups is 1. The minimum atomic E-state index is -0.605. The lowest BCUT2D eigenvalue weighted by Gasteiger charge is -2.21. The van der Waals surface area contributed by atoms with Crippen LogP contribution in [0.2, 0.25) is 0 Å². The van der Waals surface area contributed by atoms with Crippen LogP contribution in [0.25, 0.3) is 0 Å². The van der Waals surface area contributed by atoms with Gasteiger partial charge in [0.2, 0.25) is 0 Å². The van der Waals surface area contributed by atoms with Gasteiger partial charge in [-0.3, -0.25) is 0 Å². The molecular weight excluding hydrogens is 278 g/mol. The van der Waals surface area contributed by atoms with Crippen molar-refractivity contribution in [3.63, 3.8) is 0 Å². The van der Waals surface area contributed by atoms with Crippen LogP contribution in [-0.4, -0.2) is 36.4 Å². The second-order valence-corrected chi connectivity index (χ2v) is 5.05. The summed E-state index contributed by atoms with van der Waals surface area (Å²) < 4.78 is 5.51. The first kappa shape index (κ1) is 16.0. The van der Waals surface area contributed by atoms with E-state index in [2.05, 4.69) is 4.98 Å². The molecule has 0 aliphatic heterocycles. The molecule has 1 unspecified atom stereocenters. The zero-order valence-corrected chi connectivity index (χ0v) is 12.5. The number of likely N-dealkylation sites (N-methyl/N-ethyl adjacent to an activating group) is 1. The molecule has 1 heterocycles. The normalized spacial score (nSPS) is 11.7. The summed E-state index contributed by atoms with van der Waals surface area (Å²) in [6, 6.07) is 15.3. The number of anilines is 1. The maximum absolute atomic E-state index is 10.0. The molecule has 0 radical (unpaired) electrons. The van der Waals surface area contributed by atoms with Crippen LogP contribution in [0.3, 0.4) is 0 Å². The van der Waals surface area contributed by atoms with E-state index in [1.54, 1.807) is 12.1 Å². The highest BCUT2D eigenvalue weighted by Crippen LogP contribution is 2.10. The summed E-state index contributed by atoms with van der Waals surface area (Å²) in [5.74, 6) is 0.709. The Morgan fingerprint density at radius 2 is 2.05 bits per heavy atom. The van der Waals surface area contributed by atoms with Crippen molar-refractivity contribution in [3.05, 3.63) is 59.8 Å². The van der Waals surface area contributed by atoms with E-state index in [1.807, 2.05) is 48.3 Å². The first-order valence-corrected chi connectivity index (χ1v) is 7.06. The van der Waals surface area contributed by atoms with Gasteiger partial charge >= 0.3 is 0 Å². The van der Waals surface area contributed by atoms with Crippen LogP contribution in [0, 0.1) is 11.3 Å². The van der Waals surface area contributed by atoms with Crippen molar-refractivity contribution in [2.45, 2.75) is 12.7 Å². The Bertz CT molecular complexity index is 608. The van der Waals surface area contributed by atoms with E-state index in [-0.39, 0.29) is 6.61 Å². The molecule has 2 aromatic rings.